The Labute approximate surface area is 119 Å². The molecule has 0 amide bonds. The number of hydrogen-bond donors (Lipinski definition) is 1. The minimum absolute atomic E-state index is 0.629. The molecule has 1 aromatic heterocycles. The van der Waals surface area contributed by atoms with Crippen LogP contribution in [0.1, 0.15) is 30.3 Å². The number of anilines is 1. The van der Waals surface area contributed by atoms with Crippen molar-refractivity contribution in [3.63, 3.8) is 0 Å². The summed E-state index contributed by atoms with van der Waals surface area (Å²) in [4.78, 5) is 9.22. The Kier molecular flexibility index (Phi) is 4.31. The van der Waals surface area contributed by atoms with Gasteiger partial charge in [0.2, 0.25) is 0 Å². The van der Waals surface area contributed by atoms with Crippen LogP contribution >= 0.6 is 0 Å². The number of nitrogens with zero attached hydrogens (tertiary/aromatic N) is 3. The maximum atomic E-state index is 9.02. The molecule has 0 radical (unpaired) electrons. The van der Waals surface area contributed by atoms with Crippen LogP contribution in [-0.4, -0.2) is 16.5 Å². The average Bonchev–Trinajstić information content (AvgIpc) is 2.48. The Hall–Kier alpha value is -2.41. The van der Waals surface area contributed by atoms with E-state index in [1.54, 1.807) is 6.07 Å². The second-order valence-electron chi connectivity index (χ2n) is 4.71. The van der Waals surface area contributed by atoms with Gasteiger partial charge in [-0.3, -0.25) is 0 Å². The van der Waals surface area contributed by atoms with Crippen molar-refractivity contribution in [2.45, 2.75) is 27.2 Å². The molecule has 4 nitrogen and oxygen atoms in total. The minimum atomic E-state index is 0.629. The van der Waals surface area contributed by atoms with E-state index in [-0.39, 0.29) is 0 Å². The molecule has 0 atom stereocenters. The molecule has 2 rings (SSSR count). The summed E-state index contributed by atoms with van der Waals surface area (Å²) >= 11 is 0. The average molecular weight is 266 g/mol. The molecule has 2 aromatic rings. The van der Waals surface area contributed by atoms with Crippen LogP contribution in [0.5, 0.6) is 0 Å². The lowest BCUT2D eigenvalue weighted by Gasteiger charge is -2.12. The van der Waals surface area contributed by atoms with Gasteiger partial charge in [-0.2, -0.15) is 5.26 Å². The van der Waals surface area contributed by atoms with Crippen LogP contribution in [0.3, 0.4) is 0 Å². The molecular formula is C16H18N4. The first-order chi connectivity index (χ1) is 9.65. The van der Waals surface area contributed by atoms with Crippen LogP contribution in [-0.2, 0) is 0 Å². The number of aromatic nitrogens is 2. The van der Waals surface area contributed by atoms with Gasteiger partial charge in [-0.25, -0.2) is 9.97 Å². The quantitative estimate of drug-likeness (QED) is 0.920. The van der Waals surface area contributed by atoms with Crippen LogP contribution < -0.4 is 5.32 Å². The van der Waals surface area contributed by atoms with Crippen LogP contribution in [0.4, 0.5) is 5.82 Å². The monoisotopic (exact) mass is 266 g/mol. The van der Waals surface area contributed by atoms with E-state index in [4.69, 9.17) is 5.26 Å². The molecule has 1 heterocycles. The molecule has 0 spiro atoms. The first kappa shape index (κ1) is 14.0. The van der Waals surface area contributed by atoms with Gasteiger partial charge in [-0.1, -0.05) is 19.1 Å². The smallest absolute Gasteiger partial charge is 0.152 e. The summed E-state index contributed by atoms with van der Waals surface area (Å²) in [6, 6.07) is 9.61. The molecule has 0 saturated heterocycles. The number of nitriles is 1. The van der Waals surface area contributed by atoms with Gasteiger partial charge in [-0.15, -0.1) is 0 Å². The Morgan fingerprint density at radius 1 is 1.20 bits per heavy atom. The maximum Gasteiger partial charge on any atom is 0.152 e. The largest absolute Gasteiger partial charge is 0.368 e. The summed E-state index contributed by atoms with van der Waals surface area (Å²) in [5, 5.41) is 12.3. The van der Waals surface area contributed by atoms with Gasteiger partial charge in [0.25, 0.3) is 0 Å². The fourth-order valence-corrected chi connectivity index (χ4v) is 1.91. The Morgan fingerprint density at radius 2 is 1.95 bits per heavy atom. The van der Waals surface area contributed by atoms with Crippen molar-refractivity contribution in [1.82, 2.24) is 9.97 Å². The van der Waals surface area contributed by atoms with Crippen molar-refractivity contribution in [2.24, 2.45) is 0 Å². The predicted octanol–water partition coefficient (Wildman–Crippen LogP) is 3.45. The maximum absolute atomic E-state index is 9.02. The number of aryl methyl sites for hydroxylation is 2. The number of benzene rings is 1. The Morgan fingerprint density at radius 3 is 2.65 bits per heavy atom. The van der Waals surface area contributed by atoms with E-state index in [0.717, 1.165) is 41.4 Å². The van der Waals surface area contributed by atoms with Crippen molar-refractivity contribution < 1.29 is 0 Å². The second kappa shape index (κ2) is 6.16. The van der Waals surface area contributed by atoms with Crippen molar-refractivity contribution in [1.29, 1.82) is 5.26 Å². The van der Waals surface area contributed by atoms with Gasteiger partial charge >= 0.3 is 0 Å². The topological polar surface area (TPSA) is 61.6 Å². The molecule has 4 heteroatoms. The summed E-state index contributed by atoms with van der Waals surface area (Å²) in [6.07, 6.45) is 1.02. The highest BCUT2D eigenvalue weighted by molar-refractivity contribution is 5.72. The molecule has 0 aliphatic carbocycles. The molecule has 0 fully saturated rings. The highest BCUT2D eigenvalue weighted by Gasteiger charge is 2.11. The van der Waals surface area contributed by atoms with Gasteiger partial charge < -0.3 is 5.32 Å². The molecule has 0 aliphatic rings. The van der Waals surface area contributed by atoms with Gasteiger partial charge in [0.1, 0.15) is 5.69 Å². The van der Waals surface area contributed by atoms with E-state index < -0.39 is 0 Å². The summed E-state index contributed by atoms with van der Waals surface area (Å²) in [5.41, 5.74) is 4.18. The Bertz CT molecular complexity index is 656. The third kappa shape index (κ3) is 2.94. The number of rotatable bonds is 4. The van der Waals surface area contributed by atoms with Crippen molar-refractivity contribution in [3.8, 4) is 17.3 Å². The molecule has 1 aromatic carbocycles. The highest BCUT2D eigenvalue weighted by Crippen LogP contribution is 2.26. The number of nitrogens with one attached hydrogen (secondary N) is 1. The standard InChI is InChI=1S/C16H18N4/c1-4-8-18-16-15(19-11(2)12(3)20-16)14-7-5-6-13(9-14)10-17/h5-7,9H,4,8H2,1-3H3,(H,18,20). The van der Waals surface area contributed by atoms with E-state index in [1.165, 1.54) is 0 Å². The molecule has 0 bridgehead atoms. The van der Waals surface area contributed by atoms with Crippen molar-refractivity contribution >= 4 is 5.82 Å². The van der Waals surface area contributed by atoms with Gasteiger partial charge in [0, 0.05) is 12.1 Å². The third-order valence-electron chi connectivity index (χ3n) is 3.11. The zero-order chi connectivity index (χ0) is 14.5. The molecule has 20 heavy (non-hydrogen) atoms. The second-order valence-corrected chi connectivity index (χ2v) is 4.71. The minimum Gasteiger partial charge on any atom is -0.368 e. The van der Waals surface area contributed by atoms with Gasteiger partial charge in [-0.05, 0) is 32.4 Å². The van der Waals surface area contributed by atoms with Crippen molar-refractivity contribution in [2.75, 3.05) is 11.9 Å². The predicted molar refractivity (Wildman–Crippen MR) is 80.4 cm³/mol. The molecule has 102 valence electrons. The SMILES string of the molecule is CCCNc1nc(C)c(C)nc1-c1cccc(C#N)c1. The summed E-state index contributed by atoms with van der Waals surface area (Å²) in [5.74, 6) is 0.782. The van der Waals surface area contributed by atoms with E-state index in [2.05, 4.69) is 28.3 Å². The van der Waals surface area contributed by atoms with Gasteiger partial charge in [0.05, 0.1) is 23.0 Å². The lowest BCUT2D eigenvalue weighted by Crippen LogP contribution is -2.07. The first-order valence-electron chi connectivity index (χ1n) is 6.75. The van der Waals surface area contributed by atoms with Crippen LogP contribution in [0.25, 0.3) is 11.3 Å². The zero-order valence-electron chi connectivity index (χ0n) is 12.1. The van der Waals surface area contributed by atoms with Crippen LogP contribution in [0, 0.1) is 25.2 Å². The number of hydrogen-bond acceptors (Lipinski definition) is 4. The summed E-state index contributed by atoms with van der Waals surface area (Å²) in [7, 11) is 0. The lowest BCUT2D eigenvalue weighted by atomic mass is 10.1. The van der Waals surface area contributed by atoms with Crippen molar-refractivity contribution in [3.05, 3.63) is 41.2 Å². The first-order valence-corrected chi connectivity index (χ1v) is 6.75. The summed E-state index contributed by atoms with van der Waals surface area (Å²) < 4.78 is 0. The molecule has 0 unspecified atom stereocenters. The molecular weight excluding hydrogens is 248 g/mol. The zero-order valence-corrected chi connectivity index (χ0v) is 12.1. The molecule has 0 saturated carbocycles. The van der Waals surface area contributed by atoms with E-state index in [1.807, 2.05) is 32.0 Å². The van der Waals surface area contributed by atoms with Crippen LogP contribution in [0.2, 0.25) is 0 Å². The van der Waals surface area contributed by atoms with E-state index in [9.17, 15) is 0 Å². The van der Waals surface area contributed by atoms with Gasteiger partial charge in [0.15, 0.2) is 5.82 Å². The molecule has 0 aliphatic heterocycles. The van der Waals surface area contributed by atoms with E-state index in [0.29, 0.717) is 5.56 Å². The summed E-state index contributed by atoms with van der Waals surface area (Å²) in [6.45, 7) is 6.86. The fourth-order valence-electron chi connectivity index (χ4n) is 1.91. The van der Waals surface area contributed by atoms with E-state index >= 15 is 0 Å². The molecule has 1 N–H and O–H groups in total. The third-order valence-corrected chi connectivity index (χ3v) is 3.11. The Balaban J connectivity index is 2.53. The normalized spacial score (nSPS) is 10.1. The fraction of sp³-hybridized carbons (Fsp3) is 0.312. The van der Waals surface area contributed by atoms with Crippen LogP contribution in [0.15, 0.2) is 24.3 Å². The highest BCUT2D eigenvalue weighted by atomic mass is 15.0. The lowest BCUT2D eigenvalue weighted by molar-refractivity contribution is 0.953.